The maximum absolute atomic E-state index is 12.4. The number of rotatable bonds is 9. The summed E-state index contributed by atoms with van der Waals surface area (Å²) >= 11 is 0. The van der Waals surface area contributed by atoms with E-state index >= 15 is 0 Å². The molecule has 4 rings (SSSR count). The number of esters is 1. The van der Waals surface area contributed by atoms with Crippen molar-refractivity contribution in [3.05, 3.63) is 54.1 Å². The third-order valence-corrected chi connectivity index (χ3v) is 6.79. The number of benzene rings is 2. The lowest BCUT2D eigenvalue weighted by Gasteiger charge is -2.27. The van der Waals surface area contributed by atoms with Crippen molar-refractivity contribution in [3.8, 4) is 16.9 Å². The van der Waals surface area contributed by atoms with Crippen LogP contribution in [-0.2, 0) is 19.1 Å². The van der Waals surface area contributed by atoms with E-state index in [9.17, 15) is 9.59 Å². The molecule has 1 heterocycles. The molecule has 0 radical (unpaired) electrons. The summed E-state index contributed by atoms with van der Waals surface area (Å²) in [5, 5.41) is 10.4. The van der Waals surface area contributed by atoms with E-state index in [4.69, 9.17) is 25.4 Å². The van der Waals surface area contributed by atoms with Gasteiger partial charge in [0.2, 0.25) is 5.91 Å². The highest BCUT2D eigenvalue weighted by Gasteiger charge is 2.35. The van der Waals surface area contributed by atoms with Crippen LogP contribution < -0.4 is 15.8 Å². The summed E-state index contributed by atoms with van der Waals surface area (Å²) in [5.41, 5.74) is 8.24. The molecule has 186 valence electrons. The number of hydrogen-bond donors (Lipinski definition) is 3. The van der Waals surface area contributed by atoms with Crippen LogP contribution in [0.2, 0.25) is 0 Å². The standard InChI is InChI=1S/C27H33N3O5/c1-33-22-10-12-24(13-11-22)35-25(31)15-20-14-21(30-27(20)32)16-34-23-8-6-18(7-9-23)17-2-4-19(5-3-17)26(28)29/h2-9,20-22,24H,10-16H2,1H3,(H3,28,29)(H,30,32)/t20-,21-,22?,24?/m0/s1. The van der Waals surface area contributed by atoms with Crippen LogP contribution in [0.25, 0.3) is 11.1 Å². The highest BCUT2D eigenvalue weighted by molar-refractivity contribution is 5.95. The van der Waals surface area contributed by atoms with Crippen molar-refractivity contribution in [2.75, 3.05) is 13.7 Å². The molecule has 1 aliphatic carbocycles. The van der Waals surface area contributed by atoms with Gasteiger partial charge in [-0.05, 0) is 55.4 Å². The van der Waals surface area contributed by atoms with Crippen LogP contribution >= 0.6 is 0 Å². The second-order valence-corrected chi connectivity index (χ2v) is 9.29. The van der Waals surface area contributed by atoms with Crippen LogP contribution in [0.5, 0.6) is 5.75 Å². The number of carbonyl (C=O) groups excluding carboxylic acids is 2. The van der Waals surface area contributed by atoms with Gasteiger partial charge >= 0.3 is 5.97 Å². The van der Waals surface area contributed by atoms with Gasteiger partial charge in [-0.1, -0.05) is 36.4 Å². The molecule has 35 heavy (non-hydrogen) atoms. The molecule has 1 amide bonds. The molecule has 4 N–H and O–H groups in total. The number of ether oxygens (including phenoxy) is 3. The van der Waals surface area contributed by atoms with Gasteiger partial charge in [0.1, 0.15) is 24.3 Å². The smallest absolute Gasteiger partial charge is 0.306 e. The average Bonchev–Trinajstić information content (AvgIpc) is 3.22. The predicted octanol–water partition coefficient (Wildman–Crippen LogP) is 3.41. The van der Waals surface area contributed by atoms with Crippen molar-refractivity contribution >= 4 is 17.7 Å². The van der Waals surface area contributed by atoms with Crippen molar-refractivity contribution in [1.29, 1.82) is 5.41 Å². The van der Waals surface area contributed by atoms with Crippen molar-refractivity contribution in [2.45, 2.75) is 56.8 Å². The first-order valence-corrected chi connectivity index (χ1v) is 12.1. The molecule has 0 spiro atoms. The molecule has 2 aromatic carbocycles. The van der Waals surface area contributed by atoms with Gasteiger partial charge in [0.15, 0.2) is 0 Å². The van der Waals surface area contributed by atoms with E-state index in [0.717, 1.165) is 36.8 Å². The summed E-state index contributed by atoms with van der Waals surface area (Å²) in [4.78, 5) is 24.7. The van der Waals surface area contributed by atoms with E-state index in [2.05, 4.69) is 5.32 Å². The van der Waals surface area contributed by atoms with E-state index in [1.807, 2.05) is 48.5 Å². The molecule has 2 atom stereocenters. The Morgan fingerprint density at radius 2 is 1.60 bits per heavy atom. The number of amides is 1. The van der Waals surface area contributed by atoms with E-state index in [0.29, 0.717) is 24.3 Å². The summed E-state index contributed by atoms with van der Waals surface area (Å²) in [5.74, 6) is -0.0598. The molecule has 1 saturated carbocycles. The highest BCUT2D eigenvalue weighted by Crippen LogP contribution is 2.26. The van der Waals surface area contributed by atoms with Gasteiger partial charge in [-0.25, -0.2) is 0 Å². The monoisotopic (exact) mass is 479 g/mol. The minimum absolute atomic E-state index is 0.0447. The quantitative estimate of drug-likeness (QED) is 0.288. The van der Waals surface area contributed by atoms with E-state index in [1.54, 1.807) is 7.11 Å². The number of hydrogen-bond acceptors (Lipinski definition) is 6. The first-order valence-electron chi connectivity index (χ1n) is 12.1. The number of nitrogens with one attached hydrogen (secondary N) is 2. The fourth-order valence-corrected chi connectivity index (χ4v) is 4.72. The molecular formula is C27H33N3O5. The maximum Gasteiger partial charge on any atom is 0.306 e. The molecule has 2 aliphatic rings. The van der Waals surface area contributed by atoms with Gasteiger partial charge in [0, 0.05) is 12.7 Å². The predicted molar refractivity (Wildman–Crippen MR) is 132 cm³/mol. The third-order valence-electron chi connectivity index (χ3n) is 6.79. The summed E-state index contributed by atoms with van der Waals surface area (Å²) in [7, 11) is 1.71. The summed E-state index contributed by atoms with van der Waals surface area (Å²) in [6, 6.07) is 15.1. The first-order chi connectivity index (χ1) is 16.9. The molecule has 0 bridgehead atoms. The van der Waals surface area contributed by atoms with Crippen molar-refractivity contribution < 1.29 is 23.8 Å². The van der Waals surface area contributed by atoms with Gasteiger partial charge < -0.3 is 25.3 Å². The Morgan fingerprint density at radius 1 is 1.00 bits per heavy atom. The van der Waals surface area contributed by atoms with Crippen LogP contribution in [0.3, 0.4) is 0 Å². The lowest BCUT2D eigenvalue weighted by Crippen LogP contribution is -2.31. The number of nitrogen functional groups attached to an aromatic ring is 1. The van der Waals surface area contributed by atoms with Crippen molar-refractivity contribution in [2.24, 2.45) is 11.7 Å². The maximum atomic E-state index is 12.4. The molecule has 0 aromatic heterocycles. The van der Waals surface area contributed by atoms with Gasteiger partial charge in [0.05, 0.1) is 24.5 Å². The van der Waals surface area contributed by atoms with Crippen LogP contribution in [0.4, 0.5) is 0 Å². The largest absolute Gasteiger partial charge is 0.491 e. The fourth-order valence-electron chi connectivity index (χ4n) is 4.72. The van der Waals surface area contributed by atoms with E-state index < -0.39 is 0 Å². The molecular weight excluding hydrogens is 446 g/mol. The number of nitrogens with two attached hydrogens (primary N) is 1. The SMILES string of the molecule is COC1CCC(OC(=O)C[C@@H]2C[C@@H](COc3ccc(-c4ccc(C(=N)N)cc4)cc3)NC2=O)CC1. The Labute approximate surface area is 205 Å². The van der Waals surface area contributed by atoms with Crippen molar-refractivity contribution in [3.63, 3.8) is 0 Å². The molecule has 2 aromatic rings. The molecule has 2 fully saturated rings. The average molecular weight is 480 g/mol. The second kappa shape index (κ2) is 11.4. The zero-order chi connectivity index (χ0) is 24.8. The van der Waals surface area contributed by atoms with Gasteiger partial charge in [-0.2, -0.15) is 0 Å². The van der Waals surface area contributed by atoms with Crippen molar-refractivity contribution in [1.82, 2.24) is 5.32 Å². The molecule has 1 aliphatic heterocycles. The number of methoxy groups -OCH3 is 1. The second-order valence-electron chi connectivity index (χ2n) is 9.29. The molecule has 0 unspecified atom stereocenters. The first kappa shape index (κ1) is 24.7. The van der Waals surface area contributed by atoms with Crippen LogP contribution in [-0.4, -0.2) is 49.7 Å². The minimum Gasteiger partial charge on any atom is -0.491 e. The van der Waals surface area contributed by atoms with E-state index in [-0.39, 0.29) is 48.3 Å². The van der Waals surface area contributed by atoms with Crippen LogP contribution in [0.1, 0.15) is 44.1 Å². The van der Waals surface area contributed by atoms with Gasteiger partial charge in [0.25, 0.3) is 0 Å². The molecule has 8 nitrogen and oxygen atoms in total. The molecule has 8 heteroatoms. The molecule has 1 saturated heterocycles. The summed E-state index contributed by atoms with van der Waals surface area (Å²) in [6.45, 7) is 0.338. The highest BCUT2D eigenvalue weighted by atomic mass is 16.5. The van der Waals surface area contributed by atoms with Gasteiger partial charge in [-0.15, -0.1) is 0 Å². The fraction of sp³-hybridized carbons (Fsp3) is 0.444. The Kier molecular flexibility index (Phi) is 8.02. The minimum atomic E-state index is -0.383. The third kappa shape index (κ3) is 6.60. The zero-order valence-corrected chi connectivity index (χ0v) is 20.0. The normalized spacial score (nSPS) is 24.0. The van der Waals surface area contributed by atoms with Gasteiger partial charge in [-0.3, -0.25) is 15.0 Å². The van der Waals surface area contributed by atoms with E-state index in [1.165, 1.54) is 0 Å². The Bertz CT molecular complexity index is 1030. The topological polar surface area (TPSA) is 124 Å². The Balaban J connectivity index is 1.21. The Hall–Kier alpha value is -3.39. The number of carbonyl (C=O) groups is 2. The Morgan fingerprint density at radius 3 is 2.20 bits per heavy atom. The zero-order valence-electron chi connectivity index (χ0n) is 20.0. The summed E-state index contributed by atoms with van der Waals surface area (Å²) < 4.78 is 16.8. The van der Waals surface area contributed by atoms with Crippen LogP contribution in [0.15, 0.2) is 48.5 Å². The van der Waals surface area contributed by atoms with Crippen LogP contribution in [0, 0.1) is 11.3 Å². The lowest BCUT2D eigenvalue weighted by atomic mass is 9.95. The summed E-state index contributed by atoms with van der Waals surface area (Å²) in [6.07, 6.45) is 4.22. The number of amidine groups is 1. The lowest BCUT2D eigenvalue weighted by molar-refractivity contribution is -0.154.